The molecule has 0 unspecified atom stereocenters. The van der Waals surface area contributed by atoms with Crippen molar-refractivity contribution in [3.05, 3.63) is 34.1 Å². The van der Waals surface area contributed by atoms with Crippen molar-refractivity contribution in [2.24, 2.45) is 5.73 Å². The first kappa shape index (κ1) is 14.2. The summed E-state index contributed by atoms with van der Waals surface area (Å²) in [5.41, 5.74) is 5.73. The summed E-state index contributed by atoms with van der Waals surface area (Å²) in [7, 11) is -4.36. The van der Waals surface area contributed by atoms with E-state index in [2.05, 4.69) is 12.2 Å². The Bertz CT molecular complexity index is 603. The summed E-state index contributed by atoms with van der Waals surface area (Å²) in [6.07, 6.45) is 0. The van der Waals surface area contributed by atoms with E-state index in [9.17, 15) is 22.9 Å². The normalized spacial score (nSPS) is 10.9. The van der Waals surface area contributed by atoms with E-state index in [1.165, 1.54) is 0 Å². The molecule has 1 rings (SSSR count). The average Bonchev–Trinajstić information content (AvgIpc) is 2.25. The number of rotatable bonds is 4. The molecule has 18 heavy (non-hydrogen) atoms. The molecule has 0 saturated carbocycles. The van der Waals surface area contributed by atoms with Gasteiger partial charge in [-0.2, -0.15) is 4.39 Å². The Hall–Kier alpha value is -1.85. The first-order valence-electron chi connectivity index (χ1n) is 4.26. The molecule has 8 nitrogen and oxygen atoms in total. The number of nitrogens with one attached hydrogen (secondary N) is 2. The van der Waals surface area contributed by atoms with Crippen molar-refractivity contribution in [2.45, 2.75) is 4.90 Å². The van der Waals surface area contributed by atoms with Crippen LogP contribution in [-0.4, -0.2) is 18.5 Å². The molecule has 0 heterocycles. The number of hydrazine groups is 1. The minimum absolute atomic E-state index is 0.391. The average molecular weight is 294 g/mol. The SMILES string of the molecule is NC(=S)NNS(=O)(=O)c1cccc(F)c1[N+](=O)[O-]. The molecular weight excluding hydrogens is 287 g/mol. The van der Waals surface area contributed by atoms with Crippen LogP contribution in [0.3, 0.4) is 0 Å². The van der Waals surface area contributed by atoms with Gasteiger partial charge in [0.2, 0.25) is 5.82 Å². The van der Waals surface area contributed by atoms with Crippen molar-refractivity contribution in [3.8, 4) is 0 Å². The highest BCUT2D eigenvalue weighted by atomic mass is 32.2. The third-order valence-corrected chi connectivity index (χ3v) is 3.11. The Morgan fingerprint density at radius 3 is 2.61 bits per heavy atom. The Morgan fingerprint density at radius 1 is 1.50 bits per heavy atom. The number of nitro groups is 1. The molecule has 0 atom stereocenters. The molecule has 0 saturated heterocycles. The zero-order valence-electron chi connectivity index (χ0n) is 8.58. The van der Waals surface area contributed by atoms with Crippen molar-refractivity contribution in [1.29, 1.82) is 0 Å². The molecule has 0 fully saturated rings. The molecule has 0 bridgehead atoms. The van der Waals surface area contributed by atoms with Crippen LogP contribution in [0.1, 0.15) is 0 Å². The fourth-order valence-electron chi connectivity index (χ4n) is 1.06. The minimum atomic E-state index is -4.36. The zero-order valence-corrected chi connectivity index (χ0v) is 10.2. The minimum Gasteiger partial charge on any atom is -0.375 e. The van der Waals surface area contributed by atoms with Gasteiger partial charge < -0.3 is 5.73 Å². The van der Waals surface area contributed by atoms with E-state index in [1.54, 1.807) is 4.83 Å². The summed E-state index contributed by atoms with van der Waals surface area (Å²) in [5, 5.41) is 10.2. The molecule has 1 aromatic carbocycles. The molecule has 0 amide bonds. The first-order valence-corrected chi connectivity index (χ1v) is 6.15. The smallest absolute Gasteiger partial charge is 0.324 e. The number of sulfonamides is 1. The van der Waals surface area contributed by atoms with Crippen LogP contribution in [0.4, 0.5) is 10.1 Å². The van der Waals surface area contributed by atoms with Crippen LogP contribution < -0.4 is 16.0 Å². The summed E-state index contributed by atoms with van der Waals surface area (Å²) in [6, 6.07) is 2.68. The molecule has 11 heteroatoms. The summed E-state index contributed by atoms with van der Waals surface area (Å²) < 4.78 is 36.5. The molecule has 1 aromatic rings. The van der Waals surface area contributed by atoms with E-state index in [0.29, 0.717) is 0 Å². The molecule has 0 radical (unpaired) electrons. The van der Waals surface area contributed by atoms with Crippen LogP contribution in [0.15, 0.2) is 23.1 Å². The fourth-order valence-corrected chi connectivity index (χ4v) is 2.22. The van der Waals surface area contributed by atoms with Gasteiger partial charge in [-0.1, -0.05) is 6.07 Å². The monoisotopic (exact) mass is 294 g/mol. The number of para-hydroxylation sites is 1. The van der Waals surface area contributed by atoms with E-state index in [-0.39, 0.29) is 0 Å². The molecule has 0 aliphatic carbocycles. The Balaban J connectivity index is 3.28. The van der Waals surface area contributed by atoms with Gasteiger partial charge in [0.05, 0.1) is 4.92 Å². The van der Waals surface area contributed by atoms with Crippen LogP contribution in [0.5, 0.6) is 0 Å². The summed E-state index contributed by atoms with van der Waals surface area (Å²) in [5.74, 6) is -1.27. The number of nitrogens with two attached hydrogens (primary N) is 1. The van der Waals surface area contributed by atoms with Gasteiger partial charge in [0.1, 0.15) is 0 Å². The second-order valence-corrected chi connectivity index (χ2v) is 5.03. The van der Waals surface area contributed by atoms with Gasteiger partial charge in [-0.05, 0) is 24.4 Å². The fraction of sp³-hybridized carbons (Fsp3) is 0. The van der Waals surface area contributed by atoms with E-state index in [0.717, 1.165) is 18.2 Å². The molecule has 0 aliphatic heterocycles. The number of halogens is 1. The third kappa shape index (κ3) is 3.09. The lowest BCUT2D eigenvalue weighted by Crippen LogP contribution is -2.44. The Kier molecular flexibility index (Phi) is 4.11. The predicted octanol–water partition coefficient (Wildman–Crippen LogP) is -0.240. The number of nitrogens with zero attached hydrogens (tertiary/aromatic N) is 1. The van der Waals surface area contributed by atoms with E-state index in [4.69, 9.17) is 5.73 Å². The van der Waals surface area contributed by atoms with Crippen LogP contribution in [-0.2, 0) is 10.0 Å². The highest BCUT2D eigenvalue weighted by molar-refractivity contribution is 7.89. The molecule has 0 aromatic heterocycles. The number of nitro benzene ring substituents is 1. The molecule has 0 aliphatic rings. The zero-order chi connectivity index (χ0) is 13.9. The lowest BCUT2D eigenvalue weighted by Gasteiger charge is -2.08. The van der Waals surface area contributed by atoms with Crippen molar-refractivity contribution in [3.63, 3.8) is 0 Å². The van der Waals surface area contributed by atoms with Crippen molar-refractivity contribution < 1.29 is 17.7 Å². The first-order chi connectivity index (χ1) is 8.25. The second kappa shape index (κ2) is 5.20. The molecule has 98 valence electrons. The van der Waals surface area contributed by atoms with Gasteiger partial charge in [-0.25, -0.2) is 8.42 Å². The second-order valence-electron chi connectivity index (χ2n) is 2.94. The maximum Gasteiger partial charge on any atom is 0.324 e. The van der Waals surface area contributed by atoms with Crippen molar-refractivity contribution in [2.75, 3.05) is 0 Å². The van der Waals surface area contributed by atoms with Crippen molar-refractivity contribution >= 4 is 33.0 Å². The van der Waals surface area contributed by atoms with E-state index < -0.39 is 36.5 Å². The van der Waals surface area contributed by atoms with Gasteiger partial charge in [-0.15, -0.1) is 4.83 Å². The topological polar surface area (TPSA) is 127 Å². The van der Waals surface area contributed by atoms with Gasteiger partial charge in [0.15, 0.2) is 10.0 Å². The van der Waals surface area contributed by atoms with Crippen LogP contribution in [0.25, 0.3) is 0 Å². The summed E-state index contributed by atoms with van der Waals surface area (Å²) in [4.78, 5) is 10.3. The highest BCUT2D eigenvalue weighted by Gasteiger charge is 2.29. The van der Waals surface area contributed by atoms with Crippen LogP contribution >= 0.6 is 12.2 Å². The summed E-state index contributed by atoms with van der Waals surface area (Å²) in [6.45, 7) is 0. The van der Waals surface area contributed by atoms with E-state index in [1.807, 2.05) is 5.43 Å². The number of thiocarbonyl (C=S) groups is 1. The highest BCUT2D eigenvalue weighted by Crippen LogP contribution is 2.25. The number of hydrogen-bond acceptors (Lipinski definition) is 5. The van der Waals surface area contributed by atoms with Crippen molar-refractivity contribution in [1.82, 2.24) is 10.3 Å². The van der Waals surface area contributed by atoms with Crippen LogP contribution in [0.2, 0.25) is 0 Å². The molecule has 0 spiro atoms. The van der Waals surface area contributed by atoms with E-state index >= 15 is 0 Å². The Labute approximate surface area is 106 Å². The Morgan fingerprint density at radius 2 is 2.11 bits per heavy atom. The largest absolute Gasteiger partial charge is 0.375 e. The van der Waals surface area contributed by atoms with Gasteiger partial charge in [0.25, 0.3) is 10.0 Å². The lowest BCUT2D eigenvalue weighted by molar-refractivity contribution is -0.390. The third-order valence-electron chi connectivity index (χ3n) is 1.73. The van der Waals surface area contributed by atoms with Crippen LogP contribution in [0, 0.1) is 15.9 Å². The quantitative estimate of drug-likeness (QED) is 0.397. The predicted molar refractivity (Wildman–Crippen MR) is 63.3 cm³/mol. The lowest BCUT2D eigenvalue weighted by atomic mass is 10.3. The molecule has 4 N–H and O–H groups in total. The van der Waals surface area contributed by atoms with Gasteiger partial charge in [0, 0.05) is 0 Å². The summed E-state index contributed by atoms with van der Waals surface area (Å²) >= 11 is 4.36. The number of hydrogen-bond donors (Lipinski definition) is 3. The number of benzene rings is 1. The maximum absolute atomic E-state index is 13.2. The standard InChI is InChI=1S/C7H7FN4O4S2/c8-4-2-1-3-5(6(4)12(13)14)18(15,16)11-10-7(9)17/h1-3,11H,(H3,9,10,17). The van der Waals surface area contributed by atoms with Gasteiger partial charge in [-0.3, -0.25) is 15.5 Å². The maximum atomic E-state index is 13.2. The molecular formula is C7H7FN4O4S2. The van der Waals surface area contributed by atoms with Gasteiger partial charge >= 0.3 is 5.69 Å².